The molecule has 1 unspecified atom stereocenters. The maximum absolute atomic E-state index is 12.0. The topological polar surface area (TPSA) is 65.0 Å². The van der Waals surface area contributed by atoms with E-state index in [-0.39, 0.29) is 24.6 Å². The van der Waals surface area contributed by atoms with Gasteiger partial charge in [-0.15, -0.1) is 0 Å². The van der Waals surface area contributed by atoms with Crippen LogP contribution >= 0.6 is 0 Å². The monoisotopic (exact) mass is 364 g/mol. The Hall–Kier alpha value is -1.43. The smallest absolute Gasteiger partial charge is 0.311 e. The first-order chi connectivity index (χ1) is 12.1. The predicted octanol–water partition coefficient (Wildman–Crippen LogP) is 3.86. The van der Waals surface area contributed by atoms with E-state index in [2.05, 4.69) is 0 Å². The Kier molecular flexibility index (Phi) is 6.48. The largest absolute Gasteiger partial charge is 0.465 e. The molecular formula is C21H32O5. The molecule has 0 spiro atoms. The van der Waals surface area contributed by atoms with Crippen LogP contribution in [0.25, 0.3) is 0 Å². The summed E-state index contributed by atoms with van der Waals surface area (Å²) in [5.74, 6) is -0.557. The molecule has 146 valence electrons. The molecule has 1 aliphatic heterocycles. The highest BCUT2D eigenvalue weighted by Crippen LogP contribution is 2.43. The highest BCUT2D eigenvalue weighted by molar-refractivity contribution is 5.75. The Balaban J connectivity index is 2.07. The van der Waals surface area contributed by atoms with Crippen LogP contribution in [0.15, 0.2) is 30.3 Å². The molecule has 0 saturated carbocycles. The van der Waals surface area contributed by atoms with Crippen molar-refractivity contribution in [3.8, 4) is 0 Å². The van der Waals surface area contributed by atoms with Gasteiger partial charge in [0.2, 0.25) is 0 Å². The molecule has 2 rings (SSSR count). The summed E-state index contributed by atoms with van der Waals surface area (Å²) in [6.45, 7) is 11.3. The molecule has 0 bridgehead atoms. The first kappa shape index (κ1) is 20.9. The van der Waals surface area contributed by atoms with Crippen LogP contribution in [-0.2, 0) is 19.0 Å². The van der Waals surface area contributed by atoms with Gasteiger partial charge >= 0.3 is 5.97 Å². The second-order valence-corrected chi connectivity index (χ2v) is 8.35. The van der Waals surface area contributed by atoms with Crippen LogP contribution < -0.4 is 0 Å². The van der Waals surface area contributed by atoms with Gasteiger partial charge in [-0.05, 0) is 34.1 Å². The summed E-state index contributed by atoms with van der Waals surface area (Å²) >= 11 is 0. The normalized spacial score (nSPS) is 28.6. The number of ether oxygens (including phenoxy) is 3. The molecule has 0 aliphatic carbocycles. The maximum atomic E-state index is 12.0. The molecule has 1 aromatic rings. The summed E-state index contributed by atoms with van der Waals surface area (Å²) in [6, 6.07) is 9.71. The number of carbonyl (C=O) groups excluding carboxylic acids is 1. The first-order valence-electron chi connectivity index (χ1n) is 9.33. The van der Waals surface area contributed by atoms with Gasteiger partial charge < -0.3 is 19.3 Å². The number of hydrogen-bond acceptors (Lipinski definition) is 5. The molecule has 1 N–H and O–H groups in total. The predicted molar refractivity (Wildman–Crippen MR) is 99.4 cm³/mol. The average molecular weight is 364 g/mol. The third-order valence-corrected chi connectivity index (χ3v) is 4.95. The fraction of sp³-hybridized carbons (Fsp3) is 0.667. The lowest BCUT2D eigenvalue weighted by atomic mass is 9.84. The van der Waals surface area contributed by atoms with E-state index in [1.807, 2.05) is 71.9 Å². The minimum atomic E-state index is -0.872. The van der Waals surface area contributed by atoms with Gasteiger partial charge in [-0.1, -0.05) is 44.2 Å². The number of rotatable bonds is 6. The van der Waals surface area contributed by atoms with E-state index in [1.165, 1.54) is 0 Å². The number of esters is 1. The van der Waals surface area contributed by atoms with Crippen molar-refractivity contribution in [1.82, 2.24) is 0 Å². The van der Waals surface area contributed by atoms with Crippen LogP contribution in [0.3, 0.4) is 0 Å². The van der Waals surface area contributed by atoms with Crippen LogP contribution in [0.2, 0.25) is 0 Å². The molecule has 26 heavy (non-hydrogen) atoms. The van der Waals surface area contributed by atoms with Crippen LogP contribution in [0.4, 0.5) is 0 Å². The fourth-order valence-corrected chi connectivity index (χ4v) is 3.22. The second kappa shape index (κ2) is 8.07. The van der Waals surface area contributed by atoms with Gasteiger partial charge in [0.15, 0.2) is 6.29 Å². The first-order valence-corrected chi connectivity index (χ1v) is 9.33. The summed E-state index contributed by atoms with van der Waals surface area (Å²) < 4.78 is 17.6. The van der Waals surface area contributed by atoms with Crippen molar-refractivity contribution in [3.05, 3.63) is 35.9 Å². The summed E-state index contributed by atoms with van der Waals surface area (Å²) in [4.78, 5) is 12.0. The van der Waals surface area contributed by atoms with E-state index in [1.54, 1.807) is 0 Å². The van der Waals surface area contributed by atoms with Crippen molar-refractivity contribution in [3.63, 3.8) is 0 Å². The average Bonchev–Trinajstić information content (AvgIpc) is 2.96. The van der Waals surface area contributed by atoms with Gasteiger partial charge in [0, 0.05) is 11.5 Å². The van der Waals surface area contributed by atoms with E-state index in [4.69, 9.17) is 14.2 Å². The van der Waals surface area contributed by atoms with Crippen LogP contribution in [0, 0.1) is 11.3 Å². The minimum Gasteiger partial charge on any atom is -0.465 e. The van der Waals surface area contributed by atoms with E-state index in [9.17, 15) is 9.90 Å². The molecule has 1 saturated heterocycles. The Morgan fingerprint density at radius 2 is 1.92 bits per heavy atom. The fourth-order valence-electron chi connectivity index (χ4n) is 3.22. The number of benzene rings is 1. The van der Waals surface area contributed by atoms with Crippen molar-refractivity contribution in [2.45, 2.75) is 72.1 Å². The molecule has 5 nitrogen and oxygen atoms in total. The third-order valence-electron chi connectivity index (χ3n) is 4.95. The molecule has 0 amide bonds. The van der Waals surface area contributed by atoms with Gasteiger partial charge in [0.25, 0.3) is 0 Å². The molecule has 0 aromatic heterocycles. The molecule has 1 aromatic carbocycles. The van der Waals surface area contributed by atoms with Gasteiger partial charge in [0.1, 0.15) is 5.60 Å². The SMILES string of the molecule is CC[C@H]1OC(c2ccccc2)O[C@@]1(C)[C@H](O)[C@@H](C)COC(=O)C(C)(C)C. The summed E-state index contributed by atoms with van der Waals surface area (Å²) in [5, 5.41) is 11.0. The molecule has 5 atom stereocenters. The van der Waals surface area contributed by atoms with Crippen molar-refractivity contribution >= 4 is 5.97 Å². The molecule has 1 fully saturated rings. The summed E-state index contributed by atoms with van der Waals surface area (Å²) in [7, 11) is 0. The zero-order valence-corrected chi connectivity index (χ0v) is 16.7. The zero-order chi connectivity index (χ0) is 19.5. The van der Waals surface area contributed by atoms with E-state index < -0.39 is 23.4 Å². The van der Waals surface area contributed by atoms with E-state index in [0.29, 0.717) is 6.42 Å². The Morgan fingerprint density at radius 3 is 2.46 bits per heavy atom. The third kappa shape index (κ3) is 4.45. The standard InChI is InChI=1S/C21H32O5/c1-7-16-21(6,26-18(25-16)15-11-9-8-10-12-15)17(22)14(2)13-24-19(23)20(3,4)5/h8-12,14,16-18,22H,7,13H2,1-6H3/t14-,16+,17+,18?,21+/m0/s1. The van der Waals surface area contributed by atoms with Gasteiger partial charge in [-0.2, -0.15) is 0 Å². The van der Waals surface area contributed by atoms with Crippen molar-refractivity contribution in [1.29, 1.82) is 0 Å². The summed E-state index contributed by atoms with van der Waals surface area (Å²) in [6.07, 6.45) is -0.867. The van der Waals surface area contributed by atoms with Crippen molar-refractivity contribution < 1.29 is 24.1 Å². The van der Waals surface area contributed by atoms with Gasteiger partial charge in [-0.3, -0.25) is 4.79 Å². The highest BCUT2D eigenvalue weighted by atomic mass is 16.7. The van der Waals surface area contributed by atoms with Crippen molar-refractivity contribution in [2.75, 3.05) is 6.61 Å². The molecule has 1 aliphatic rings. The Labute approximate surface area is 156 Å². The number of aliphatic hydroxyl groups excluding tert-OH is 1. The Morgan fingerprint density at radius 1 is 1.31 bits per heavy atom. The second-order valence-electron chi connectivity index (χ2n) is 8.35. The van der Waals surface area contributed by atoms with E-state index in [0.717, 1.165) is 5.56 Å². The summed E-state index contributed by atoms with van der Waals surface area (Å²) in [5.41, 5.74) is -0.511. The van der Waals surface area contributed by atoms with Crippen LogP contribution in [0.5, 0.6) is 0 Å². The Bertz CT molecular complexity index is 594. The van der Waals surface area contributed by atoms with Crippen molar-refractivity contribution in [2.24, 2.45) is 11.3 Å². The van der Waals surface area contributed by atoms with Gasteiger partial charge in [0.05, 0.1) is 24.2 Å². The number of aliphatic hydroxyl groups is 1. The van der Waals surface area contributed by atoms with Crippen LogP contribution in [0.1, 0.15) is 59.8 Å². The lowest BCUT2D eigenvalue weighted by Crippen LogP contribution is -2.51. The number of hydrogen-bond donors (Lipinski definition) is 1. The number of carbonyl (C=O) groups is 1. The lowest BCUT2D eigenvalue weighted by molar-refractivity contribution is -0.163. The van der Waals surface area contributed by atoms with Crippen LogP contribution in [-0.4, -0.2) is 35.5 Å². The molecule has 5 heteroatoms. The lowest BCUT2D eigenvalue weighted by Gasteiger charge is -2.36. The maximum Gasteiger partial charge on any atom is 0.311 e. The van der Waals surface area contributed by atoms with E-state index >= 15 is 0 Å². The van der Waals surface area contributed by atoms with Gasteiger partial charge in [-0.25, -0.2) is 0 Å². The zero-order valence-electron chi connectivity index (χ0n) is 16.7. The quantitative estimate of drug-likeness (QED) is 0.777. The highest BCUT2D eigenvalue weighted by Gasteiger charge is 2.52. The molecule has 0 radical (unpaired) electrons. The minimum absolute atomic E-state index is 0.142. The molecule has 1 heterocycles. The molecular weight excluding hydrogens is 332 g/mol.